The molecule has 0 amide bonds. The van der Waals surface area contributed by atoms with Crippen molar-refractivity contribution in [3.05, 3.63) is 0 Å². The van der Waals surface area contributed by atoms with E-state index in [1.165, 1.54) is 0 Å². The van der Waals surface area contributed by atoms with Crippen molar-refractivity contribution >= 4 is 5.97 Å². The SMILES string of the molecule is CCOC(=O)C(C)CN(C)CC(C)(C)C. The molecular weight excluding hydrogens is 190 g/mol. The average Bonchev–Trinajstić information content (AvgIpc) is 2.00. The summed E-state index contributed by atoms with van der Waals surface area (Å²) in [4.78, 5) is 13.6. The van der Waals surface area contributed by atoms with Crippen molar-refractivity contribution in [2.75, 3.05) is 26.7 Å². The normalized spacial score (nSPS) is 14.1. The summed E-state index contributed by atoms with van der Waals surface area (Å²) in [6.45, 7) is 12.5. The Labute approximate surface area is 93.8 Å². The van der Waals surface area contributed by atoms with Crippen LogP contribution in [0.25, 0.3) is 0 Å². The quantitative estimate of drug-likeness (QED) is 0.658. The van der Waals surface area contributed by atoms with Crippen LogP contribution in [0.4, 0.5) is 0 Å². The van der Waals surface area contributed by atoms with Gasteiger partial charge >= 0.3 is 5.97 Å². The second-order valence-corrected chi connectivity index (χ2v) is 5.41. The van der Waals surface area contributed by atoms with E-state index >= 15 is 0 Å². The highest BCUT2D eigenvalue weighted by molar-refractivity contribution is 5.72. The van der Waals surface area contributed by atoms with Gasteiger partial charge in [-0.1, -0.05) is 27.7 Å². The van der Waals surface area contributed by atoms with Crippen LogP contribution < -0.4 is 0 Å². The number of hydrogen-bond acceptors (Lipinski definition) is 3. The lowest BCUT2D eigenvalue weighted by Gasteiger charge is -2.27. The molecule has 0 aromatic rings. The van der Waals surface area contributed by atoms with Gasteiger partial charge in [-0.3, -0.25) is 4.79 Å². The molecular formula is C12H25NO2. The maximum absolute atomic E-state index is 11.4. The van der Waals surface area contributed by atoms with E-state index in [0.717, 1.165) is 13.1 Å². The molecule has 1 atom stereocenters. The molecule has 0 rings (SSSR count). The molecule has 0 spiro atoms. The molecule has 1 unspecified atom stereocenters. The first kappa shape index (κ1) is 14.4. The van der Waals surface area contributed by atoms with Crippen LogP contribution in [0.1, 0.15) is 34.6 Å². The molecule has 0 saturated carbocycles. The molecule has 0 fully saturated rings. The molecule has 0 saturated heterocycles. The zero-order valence-corrected chi connectivity index (χ0v) is 11.0. The molecule has 0 bridgehead atoms. The molecule has 0 aliphatic heterocycles. The van der Waals surface area contributed by atoms with Crippen molar-refractivity contribution in [3.63, 3.8) is 0 Å². The van der Waals surface area contributed by atoms with Crippen LogP contribution in [0.3, 0.4) is 0 Å². The van der Waals surface area contributed by atoms with Crippen LogP contribution >= 0.6 is 0 Å². The minimum atomic E-state index is -0.0988. The number of carbonyl (C=O) groups excluding carboxylic acids is 1. The van der Waals surface area contributed by atoms with Crippen LogP contribution in [-0.2, 0) is 9.53 Å². The maximum atomic E-state index is 11.4. The number of rotatable bonds is 5. The Morgan fingerprint density at radius 3 is 2.33 bits per heavy atom. The lowest BCUT2D eigenvalue weighted by molar-refractivity contribution is -0.148. The van der Waals surface area contributed by atoms with Gasteiger partial charge in [-0.25, -0.2) is 0 Å². The van der Waals surface area contributed by atoms with E-state index in [-0.39, 0.29) is 17.3 Å². The minimum absolute atomic E-state index is 0.0442. The van der Waals surface area contributed by atoms with E-state index < -0.39 is 0 Å². The summed E-state index contributed by atoms with van der Waals surface area (Å²) in [7, 11) is 2.04. The summed E-state index contributed by atoms with van der Waals surface area (Å²) in [6.07, 6.45) is 0. The average molecular weight is 215 g/mol. The Kier molecular flexibility index (Phi) is 5.88. The predicted molar refractivity (Wildman–Crippen MR) is 62.7 cm³/mol. The lowest BCUT2D eigenvalue weighted by Crippen LogP contribution is -2.35. The van der Waals surface area contributed by atoms with Gasteiger partial charge in [0.2, 0.25) is 0 Å². The molecule has 3 heteroatoms. The number of nitrogens with zero attached hydrogens (tertiary/aromatic N) is 1. The highest BCUT2D eigenvalue weighted by atomic mass is 16.5. The van der Waals surface area contributed by atoms with Gasteiger partial charge < -0.3 is 9.64 Å². The second kappa shape index (κ2) is 6.11. The van der Waals surface area contributed by atoms with E-state index in [2.05, 4.69) is 25.7 Å². The third-order valence-corrected chi connectivity index (χ3v) is 2.02. The van der Waals surface area contributed by atoms with Gasteiger partial charge in [0.1, 0.15) is 0 Å². The van der Waals surface area contributed by atoms with Gasteiger partial charge in [0.05, 0.1) is 12.5 Å². The first-order chi connectivity index (χ1) is 6.76. The molecule has 90 valence electrons. The smallest absolute Gasteiger partial charge is 0.309 e. The van der Waals surface area contributed by atoms with Crippen LogP contribution in [-0.4, -0.2) is 37.6 Å². The summed E-state index contributed by atoms with van der Waals surface area (Å²) in [6, 6.07) is 0. The van der Waals surface area contributed by atoms with E-state index in [9.17, 15) is 4.79 Å². The van der Waals surface area contributed by atoms with Gasteiger partial charge in [-0.05, 0) is 19.4 Å². The van der Waals surface area contributed by atoms with Crippen LogP contribution in [0.2, 0.25) is 0 Å². The number of carbonyl (C=O) groups is 1. The van der Waals surface area contributed by atoms with Crippen LogP contribution in [0.5, 0.6) is 0 Å². The highest BCUT2D eigenvalue weighted by Crippen LogP contribution is 2.15. The Morgan fingerprint density at radius 2 is 1.93 bits per heavy atom. The standard InChI is InChI=1S/C12H25NO2/c1-7-15-11(14)10(2)8-13(6)9-12(3,4)5/h10H,7-9H2,1-6H3. The molecule has 0 aromatic carbocycles. The summed E-state index contributed by atoms with van der Waals surface area (Å²) >= 11 is 0. The fourth-order valence-corrected chi connectivity index (χ4v) is 1.70. The molecule has 0 aromatic heterocycles. The predicted octanol–water partition coefficient (Wildman–Crippen LogP) is 2.16. The summed E-state index contributed by atoms with van der Waals surface area (Å²) in [5.41, 5.74) is 0.267. The largest absolute Gasteiger partial charge is 0.466 e. The first-order valence-electron chi connectivity index (χ1n) is 5.61. The molecule has 15 heavy (non-hydrogen) atoms. The second-order valence-electron chi connectivity index (χ2n) is 5.41. The third kappa shape index (κ3) is 7.37. The molecule has 0 N–H and O–H groups in total. The van der Waals surface area contributed by atoms with Crippen molar-refractivity contribution < 1.29 is 9.53 Å². The zero-order valence-electron chi connectivity index (χ0n) is 11.0. The van der Waals surface area contributed by atoms with Gasteiger partial charge in [0.25, 0.3) is 0 Å². The fourth-order valence-electron chi connectivity index (χ4n) is 1.70. The maximum Gasteiger partial charge on any atom is 0.309 e. The summed E-state index contributed by atoms with van der Waals surface area (Å²) < 4.78 is 4.97. The van der Waals surface area contributed by atoms with Crippen molar-refractivity contribution in [1.82, 2.24) is 4.90 Å². The van der Waals surface area contributed by atoms with Crippen molar-refractivity contribution in [3.8, 4) is 0 Å². The monoisotopic (exact) mass is 215 g/mol. The fraction of sp³-hybridized carbons (Fsp3) is 0.917. The van der Waals surface area contributed by atoms with Crippen molar-refractivity contribution in [2.45, 2.75) is 34.6 Å². The Hall–Kier alpha value is -0.570. The topological polar surface area (TPSA) is 29.5 Å². The first-order valence-corrected chi connectivity index (χ1v) is 5.61. The summed E-state index contributed by atoms with van der Waals surface area (Å²) in [5.74, 6) is -0.143. The van der Waals surface area contributed by atoms with E-state index in [4.69, 9.17) is 4.74 Å². The number of esters is 1. The van der Waals surface area contributed by atoms with Gasteiger partial charge in [-0.2, -0.15) is 0 Å². The molecule has 0 heterocycles. The summed E-state index contributed by atoms with van der Waals surface area (Å²) in [5, 5.41) is 0. The Bertz CT molecular complexity index is 196. The van der Waals surface area contributed by atoms with E-state index in [1.807, 2.05) is 20.9 Å². The molecule has 0 aliphatic carbocycles. The van der Waals surface area contributed by atoms with Crippen molar-refractivity contribution in [2.24, 2.45) is 11.3 Å². The van der Waals surface area contributed by atoms with E-state index in [0.29, 0.717) is 6.61 Å². The van der Waals surface area contributed by atoms with Crippen LogP contribution in [0, 0.1) is 11.3 Å². The molecule has 0 radical (unpaired) electrons. The van der Waals surface area contributed by atoms with E-state index in [1.54, 1.807) is 0 Å². The number of hydrogen-bond donors (Lipinski definition) is 0. The highest BCUT2D eigenvalue weighted by Gasteiger charge is 2.19. The van der Waals surface area contributed by atoms with Gasteiger partial charge in [-0.15, -0.1) is 0 Å². The minimum Gasteiger partial charge on any atom is -0.466 e. The van der Waals surface area contributed by atoms with Gasteiger partial charge in [0.15, 0.2) is 0 Å². The lowest BCUT2D eigenvalue weighted by atomic mass is 9.96. The van der Waals surface area contributed by atoms with Crippen molar-refractivity contribution in [1.29, 1.82) is 0 Å². The zero-order chi connectivity index (χ0) is 12.1. The number of ether oxygens (including phenoxy) is 1. The van der Waals surface area contributed by atoms with Gasteiger partial charge in [0, 0.05) is 13.1 Å². The third-order valence-electron chi connectivity index (χ3n) is 2.02. The Balaban J connectivity index is 3.96. The molecule has 3 nitrogen and oxygen atoms in total. The van der Waals surface area contributed by atoms with Crippen LogP contribution in [0.15, 0.2) is 0 Å². The molecule has 0 aliphatic rings. The Morgan fingerprint density at radius 1 is 1.40 bits per heavy atom.